The molecule has 1 atom stereocenters. The molecule has 0 saturated heterocycles. The highest BCUT2D eigenvalue weighted by Gasteiger charge is 2.18. The van der Waals surface area contributed by atoms with Crippen molar-refractivity contribution in [1.29, 1.82) is 0 Å². The molecule has 5 nitrogen and oxygen atoms in total. The van der Waals surface area contributed by atoms with Gasteiger partial charge in [0.2, 0.25) is 0 Å². The normalized spacial score (nSPS) is 12.3. The van der Waals surface area contributed by atoms with Crippen LogP contribution in [0.2, 0.25) is 0 Å². The van der Waals surface area contributed by atoms with Crippen LogP contribution in [0.25, 0.3) is 0 Å². The minimum atomic E-state index is -0.269. The van der Waals surface area contributed by atoms with E-state index in [0.29, 0.717) is 0 Å². The predicted octanol–water partition coefficient (Wildman–Crippen LogP) is 1.79. The summed E-state index contributed by atoms with van der Waals surface area (Å²) in [4.78, 5) is 0. The summed E-state index contributed by atoms with van der Waals surface area (Å²) in [6, 6.07) is 5.37. The lowest BCUT2D eigenvalue weighted by molar-refractivity contribution is 0.390. The molecule has 1 unspecified atom stereocenters. The largest absolute Gasteiger partial charge is 0.497 e. The molecule has 0 aliphatic heterocycles. The topological polar surface area (TPSA) is 62.3 Å². The summed E-state index contributed by atoms with van der Waals surface area (Å²) in [5, 5.41) is 4.22. The fourth-order valence-corrected chi connectivity index (χ4v) is 2.06. The van der Waals surface area contributed by atoms with E-state index in [4.69, 9.17) is 15.2 Å². The van der Waals surface area contributed by atoms with Crippen molar-refractivity contribution in [3.05, 3.63) is 41.2 Å². The van der Waals surface area contributed by atoms with E-state index < -0.39 is 0 Å². The van der Waals surface area contributed by atoms with Crippen LogP contribution in [0.5, 0.6) is 11.5 Å². The molecule has 0 aliphatic rings. The van der Waals surface area contributed by atoms with Crippen molar-refractivity contribution in [2.24, 2.45) is 12.8 Å². The number of aryl methyl sites for hydroxylation is 1. The Balaban J connectivity index is 2.43. The van der Waals surface area contributed by atoms with Gasteiger partial charge in [0.1, 0.15) is 11.5 Å². The van der Waals surface area contributed by atoms with Crippen molar-refractivity contribution in [3.63, 3.8) is 0 Å². The van der Waals surface area contributed by atoms with Crippen molar-refractivity contribution in [2.75, 3.05) is 14.2 Å². The SMILES string of the molecule is COc1ccc(C(N)c2cnn(C)c2C)c(OC)c1. The van der Waals surface area contributed by atoms with Crippen LogP contribution in [0.15, 0.2) is 24.4 Å². The van der Waals surface area contributed by atoms with E-state index in [1.165, 1.54) is 0 Å². The number of nitrogens with zero attached hydrogens (tertiary/aromatic N) is 2. The number of benzene rings is 1. The molecule has 19 heavy (non-hydrogen) atoms. The molecule has 2 N–H and O–H groups in total. The lowest BCUT2D eigenvalue weighted by Crippen LogP contribution is -2.14. The highest BCUT2D eigenvalue weighted by atomic mass is 16.5. The van der Waals surface area contributed by atoms with Crippen LogP contribution in [0.1, 0.15) is 22.9 Å². The highest BCUT2D eigenvalue weighted by Crippen LogP contribution is 2.32. The Morgan fingerprint density at radius 2 is 1.95 bits per heavy atom. The first-order chi connectivity index (χ1) is 9.08. The Morgan fingerprint density at radius 1 is 1.21 bits per heavy atom. The lowest BCUT2D eigenvalue weighted by atomic mass is 9.99. The lowest BCUT2D eigenvalue weighted by Gasteiger charge is -2.16. The zero-order valence-electron chi connectivity index (χ0n) is 11.7. The molecule has 5 heteroatoms. The van der Waals surface area contributed by atoms with Gasteiger partial charge in [-0.15, -0.1) is 0 Å². The van der Waals surface area contributed by atoms with Gasteiger partial charge in [0.15, 0.2) is 0 Å². The molecule has 0 saturated carbocycles. The number of aromatic nitrogens is 2. The molecule has 1 heterocycles. The van der Waals surface area contributed by atoms with Crippen LogP contribution in [0.3, 0.4) is 0 Å². The van der Waals surface area contributed by atoms with Gasteiger partial charge in [0, 0.05) is 29.9 Å². The van der Waals surface area contributed by atoms with Crippen molar-refractivity contribution >= 4 is 0 Å². The minimum absolute atomic E-state index is 0.269. The van der Waals surface area contributed by atoms with Gasteiger partial charge in [0.25, 0.3) is 0 Å². The Kier molecular flexibility index (Phi) is 3.76. The minimum Gasteiger partial charge on any atom is -0.497 e. The molecule has 2 rings (SSSR count). The molecule has 0 radical (unpaired) electrons. The fourth-order valence-electron chi connectivity index (χ4n) is 2.06. The first-order valence-electron chi connectivity index (χ1n) is 6.04. The van der Waals surface area contributed by atoms with Crippen molar-refractivity contribution in [2.45, 2.75) is 13.0 Å². The number of methoxy groups -OCH3 is 2. The molecule has 0 spiro atoms. The molecule has 0 aliphatic carbocycles. The van der Waals surface area contributed by atoms with Gasteiger partial charge >= 0.3 is 0 Å². The summed E-state index contributed by atoms with van der Waals surface area (Å²) >= 11 is 0. The monoisotopic (exact) mass is 261 g/mol. The van der Waals surface area contributed by atoms with E-state index in [1.54, 1.807) is 20.4 Å². The zero-order chi connectivity index (χ0) is 14.0. The van der Waals surface area contributed by atoms with Gasteiger partial charge in [-0.05, 0) is 19.1 Å². The van der Waals surface area contributed by atoms with Crippen LogP contribution >= 0.6 is 0 Å². The maximum absolute atomic E-state index is 6.32. The fraction of sp³-hybridized carbons (Fsp3) is 0.357. The summed E-state index contributed by atoms with van der Waals surface area (Å²) in [6.07, 6.45) is 1.80. The van der Waals surface area contributed by atoms with Crippen molar-refractivity contribution in [3.8, 4) is 11.5 Å². The van der Waals surface area contributed by atoms with E-state index in [-0.39, 0.29) is 6.04 Å². The van der Waals surface area contributed by atoms with Gasteiger partial charge in [-0.2, -0.15) is 5.10 Å². The van der Waals surface area contributed by atoms with Crippen LogP contribution in [-0.4, -0.2) is 24.0 Å². The summed E-state index contributed by atoms with van der Waals surface area (Å²) in [6.45, 7) is 2.00. The van der Waals surface area contributed by atoms with Crippen LogP contribution in [0, 0.1) is 6.92 Å². The van der Waals surface area contributed by atoms with E-state index >= 15 is 0 Å². The van der Waals surface area contributed by atoms with Gasteiger partial charge in [0.05, 0.1) is 26.5 Å². The molecule has 0 fully saturated rings. The predicted molar refractivity (Wildman–Crippen MR) is 73.5 cm³/mol. The molecule has 1 aromatic carbocycles. The second-order valence-corrected chi connectivity index (χ2v) is 4.39. The van der Waals surface area contributed by atoms with E-state index in [0.717, 1.165) is 28.3 Å². The van der Waals surface area contributed by atoms with E-state index in [2.05, 4.69) is 5.10 Å². The smallest absolute Gasteiger partial charge is 0.127 e. The number of nitrogens with two attached hydrogens (primary N) is 1. The average molecular weight is 261 g/mol. The summed E-state index contributed by atoms with van der Waals surface area (Å²) in [7, 11) is 5.15. The van der Waals surface area contributed by atoms with Crippen LogP contribution in [-0.2, 0) is 7.05 Å². The van der Waals surface area contributed by atoms with Crippen molar-refractivity contribution < 1.29 is 9.47 Å². The third-order valence-electron chi connectivity index (χ3n) is 3.38. The second-order valence-electron chi connectivity index (χ2n) is 4.39. The van der Waals surface area contributed by atoms with Gasteiger partial charge in [-0.3, -0.25) is 4.68 Å². The van der Waals surface area contributed by atoms with Gasteiger partial charge in [-0.25, -0.2) is 0 Å². The molecular formula is C14H19N3O2. The number of ether oxygens (including phenoxy) is 2. The molecule has 0 bridgehead atoms. The van der Waals surface area contributed by atoms with E-state index in [1.807, 2.05) is 36.9 Å². The summed E-state index contributed by atoms with van der Waals surface area (Å²) in [5.41, 5.74) is 9.28. The first-order valence-corrected chi connectivity index (χ1v) is 6.04. The van der Waals surface area contributed by atoms with Crippen molar-refractivity contribution in [1.82, 2.24) is 9.78 Å². The molecule has 1 aromatic heterocycles. The van der Waals surface area contributed by atoms with E-state index in [9.17, 15) is 0 Å². The highest BCUT2D eigenvalue weighted by molar-refractivity contribution is 5.46. The first kappa shape index (κ1) is 13.4. The Hall–Kier alpha value is -2.01. The molecule has 102 valence electrons. The average Bonchev–Trinajstić information content (AvgIpc) is 2.77. The van der Waals surface area contributed by atoms with Gasteiger partial charge in [-0.1, -0.05) is 0 Å². The Labute approximate surface area is 112 Å². The summed E-state index contributed by atoms with van der Waals surface area (Å²) in [5.74, 6) is 1.46. The third-order valence-corrected chi connectivity index (χ3v) is 3.38. The third kappa shape index (κ3) is 2.42. The number of rotatable bonds is 4. The quantitative estimate of drug-likeness (QED) is 0.911. The standard InChI is InChI=1S/C14H19N3O2/c1-9-12(8-16-17(9)2)14(15)11-6-5-10(18-3)7-13(11)19-4/h5-8,14H,15H2,1-4H3. The Morgan fingerprint density at radius 3 is 2.47 bits per heavy atom. The van der Waals surface area contributed by atoms with Crippen LogP contribution < -0.4 is 15.2 Å². The zero-order valence-corrected chi connectivity index (χ0v) is 11.7. The summed E-state index contributed by atoms with van der Waals surface area (Å²) < 4.78 is 12.4. The Bertz CT molecular complexity index is 578. The number of hydrogen-bond acceptors (Lipinski definition) is 4. The number of hydrogen-bond donors (Lipinski definition) is 1. The maximum atomic E-state index is 6.32. The van der Waals surface area contributed by atoms with Crippen LogP contribution in [0.4, 0.5) is 0 Å². The molecule has 0 amide bonds. The molecule has 2 aromatic rings. The maximum Gasteiger partial charge on any atom is 0.127 e. The second kappa shape index (κ2) is 5.32. The van der Waals surface area contributed by atoms with Gasteiger partial charge < -0.3 is 15.2 Å². The molecular weight excluding hydrogens is 242 g/mol.